The number of halogens is 1. The number of esters is 1. The first-order valence-corrected chi connectivity index (χ1v) is 21.3. The van der Waals surface area contributed by atoms with E-state index in [4.69, 9.17) is 35.3 Å². The van der Waals surface area contributed by atoms with Gasteiger partial charge in [-0.25, -0.2) is 14.8 Å². The van der Waals surface area contributed by atoms with Gasteiger partial charge in [0.05, 0.1) is 35.9 Å². The zero-order valence-electron chi connectivity index (χ0n) is 36.2. The Morgan fingerprint density at radius 1 is 1.02 bits per heavy atom. The van der Waals surface area contributed by atoms with Crippen LogP contribution in [0, 0.1) is 36.5 Å². The number of imidazole rings is 1. The monoisotopic (exact) mass is 843 g/mol. The molecule has 16 heteroatoms. The van der Waals surface area contributed by atoms with Crippen LogP contribution in [0.2, 0.25) is 5.15 Å². The molecule has 0 aromatic carbocycles. The Labute approximate surface area is 352 Å². The molecule has 5 heterocycles. The average Bonchev–Trinajstić information content (AvgIpc) is 3.48. The highest BCUT2D eigenvalue weighted by Gasteiger charge is 2.78. The molecule has 59 heavy (non-hydrogen) atoms. The van der Waals surface area contributed by atoms with Gasteiger partial charge < -0.3 is 43.2 Å². The molecule has 3 saturated heterocycles. The smallest absolute Gasteiger partial charge is 0.410 e. The Balaban J connectivity index is 1.24. The zero-order chi connectivity index (χ0) is 43.3. The van der Waals surface area contributed by atoms with Crippen molar-refractivity contribution in [1.29, 1.82) is 0 Å². The number of likely N-dealkylation sites (N-methyl/N-ethyl adjacent to an activating group) is 1. The van der Waals surface area contributed by atoms with E-state index in [0.717, 1.165) is 16.8 Å². The summed E-state index contributed by atoms with van der Waals surface area (Å²) in [5.74, 6) is -5.28. The number of carbonyl (C=O) groups is 4. The molecule has 14 atom stereocenters. The van der Waals surface area contributed by atoms with Crippen molar-refractivity contribution in [3.05, 3.63) is 35.5 Å². The first-order chi connectivity index (χ1) is 27.7. The number of carbonyl (C=O) groups excluding carboxylic acids is 4. The fraction of sp³-hybridized carbons (Fsp3) is 0.721. The van der Waals surface area contributed by atoms with Gasteiger partial charge in [-0.05, 0) is 79.1 Å². The maximum Gasteiger partial charge on any atom is 0.410 e. The van der Waals surface area contributed by atoms with Gasteiger partial charge in [0.2, 0.25) is 0 Å². The van der Waals surface area contributed by atoms with Crippen molar-refractivity contribution < 1.29 is 48.0 Å². The lowest BCUT2D eigenvalue weighted by Gasteiger charge is -2.46. The largest absolute Gasteiger partial charge is 0.457 e. The molecule has 2 aromatic heterocycles. The fourth-order valence-electron chi connectivity index (χ4n) is 9.83. The molecule has 2 aromatic rings. The van der Waals surface area contributed by atoms with Crippen molar-refractivity contribution in [2.24, 2.45) is 29.6 Å². The molecule has 3 aliphatic heterocycles. The quantitative estimate of drug-likeness (QED) is 0.145. The summed E-state index contributed by atoms with van der Waals surface area (Å²) in [5, 5.41) is 11.9. The van der Waals surface area contributed by atoms with Crippen LogP contribution in [0.15, 0.2) is 24.8 Å². The number of aliphatic hydroxyl groups is 1. The predicted octanol–water partition coefficient (Wildman–Crippen LogP) is 5.11. The van der Waals surface area contributed by atoms with Crippen molar-refractivity contribution >= 4 is 35.2 Å². The van der Waals surface area contributed by atoms with E-state index in [0.29, 0.717) is 37.5 Å². The number of hydrogen-bond donors (Lipinski definition) is 1. The minimum absolute atomic E-state index is 0.134. The minimum atomic E-state index is -1.26. The molecule has 0 radical (unpaired) electrons. The lowest BCUT2D eigenvalue weighted by Crippen LogP contribution is -2.59. The first-order valence-electron chi connectivity index (χ1n) is 20.9. The van der Waals surface area contributed by atoms with Gasteiger partial charge in [-0.15, -0.1) is 0 Å². The fourth-order valence-corrected chi connectivity index (χ4v) is 9.93. The molecule has 1 amide bonds. The molecule has 1 saturated carbocycles. The van der Waals surface area contributed by atoms with Crippen LogP contribution >= 0.6 is 11.6 Å². The summed E-state index contributed by atoms with van der Waals surface area (Å²) in [7, 11) is 5.24. The summed E-state index contributed by atoms with van der Waals surface area (Å²) in [6.45, 7) is 15.1. The van der Waals surface area contributed by atoms with E-state index >= 15 is 0 Å². The summed E-state index contributed by atoms with van der Waals surface area (Å²) < 4.78 is 33.1. The molecular formula is C43H62ClN5O10. The Hall–Kier alpha value is -3.47. The molecule has 2 unspecified atom stereocenters. The van der Waals surface area contributed by atoms with Crippen LogP contribution < -0.4 is 0 Å². The number of aliphatic hydroxyl groups excluding tert-OH is 1. The zero-order valence-corrected chi connectivity index (χ0v) is 37.0. The van der Waals surface area contributed by atoms with E-state index in [9.17, 15) is 24.3 Å². The number of amides is 1. The second kappa shape index (κ2) is 17.5. The topological polar surface area (TPSA) is 172 Å². The van der Waals surface area contributed by atoms with E-state index in [-0.39, 0.29) is 24.3 Å². The van der Waals surface area contributed by atoms with Crippen LogP contribution in [-0.4, -0.2) is 135 Å². The van der Waals surface area contributed by atoms with Gasteiger partial charge in [-0.2, -0.15) is 0 Å². The Bertz CT molecular complexity index is 1890. The van der Waals surface area contributed by atoms with Crippen molar-refractivity contribution in [3.63, 3.8) is 0 Å². The minimum Gasteiger partial charge on any atom is -0.457 e. The van der Waals surface area contributed by atoms with E-state index in [1.807, 2.05) is 63.5 Å². The summed E-state index contributed by atoms with van der Waals surface area (Å²) in [6, 6.07) is 0.926. The average molecular weight is 844 g/mol. The number of unbranched alkanes of at least 4 members (excludes halogenated alkanes) is 1. The number of nitrogens with zero attached hydrogens (tertiary/aromatic N) is 5. The number of aromatic nitrogens is 3. The molecule has 4 fully saturated rings. The van der Waals surface area contributed by atoms with Gasteiger partial charge in [-0.1, -0.05) is 39.3 Å². The van der Waals surface area contributed by atoms with E-state index in [1.54, 1.807) is 38.2 Å². The van der Waals surface area contributed by atoms with Gasteiger partial charge >= 0.3 is 12.1 Å². The molecule has 1 N–H and O–H groups in total. The van der Waals surface area contributed by atoms with Crippen LogP contribution in [0.5, 0.6) is 0 Å². The molecule has 15 nitrogen and oxygen atoms in total. The van der Waals surface area contributed by atoms with Crippen LogP contribution in [0.4, 0.5) is 4.79 Å². The van der Waals surface area contributed by atoms with Gasteiger partial charge in [0.15, 0.2) is 23.8 Å². The molecule has 1 aliphatic carbocycles. The second-order valence-corrected chi connectivity index (χ2v) is 18.3. The highest BCUT2D eigenvalue weighted by Crippen LogP contribution is 2.59. The number of hydrogen-bond acceptors (Lipinski definition) is 13. The highest BCUT2D eigenvalue weighted by molar-refractivity contribution is 6.30. The van der Waals surface area contributed by atoms with E-state index in [1.165, 1.54) is 14.0 Å². The van der Waals surface area contributed by atoms with Gasteiger partial charge in [-0.3, -0.25) is 14.4 Å². The van der Waals surface area contributed by atoms with Gasteiger partial charge in [0.1, 0.15) is 23.0 Å². The maximum absolute atomic E-state index is 14.7. The number of aryl methyl sites for hydroxylation is 2. The molecule has 4 aliphatic rings. The molecule has 6 rings (SSSR count). The van der Waals surface area contributed by atoms with Gasteiger partial charge in [0, 0.05) is 67.9 Å². The van der Waals surface area contributed by atoms with Crippen molar-refractivity contribution in [2.75, 3.05) is 27.7 Å². The Morgan fingerprint density at radius 2 is 1.71 bits per heavy atom. The number of methoxy groups -OCH3 is 1. The predicted molar refractivity (Wildman–Crippen MR) is 217 cm³/mol. The number of ether oxygens (including phenoxy) is 5. The standard InChI is InChI=1S/C43H62ClN5O10/c1-22-16-29(19-45-38(22)44)30-20-48(21-46-30)14-12-13-15-49-35-25(4)32(50)23(2)18-42(8,55-11)36(58-40-34(52)31(47(9)10)17-24(3)56-40)26(5)33(51)27(6)39(53)57-37-28(7)43(35,37)59-41(49)54/h16,19-21,23-28,31,34-37,40,52H,12-15,17-18H2,1-11H3/t23-,24-,25+,26+,27-,28?,31+,34-,35-,36-,37-,40?,42+,43+/m1/s1. The lowest BCUT2D eigenvalue weighted by molar-refractivity contribution is -0.295. The number of rotatable bonds is 10. The SMILES string of the molecule is CO[C@@]1(C)C[C@@H](C)C(=O)[C@H](C)[C@H]2N(CCCCn3cnc(-c4cnc(Cl)c(C)c4)c3)C(=O)O[C@@]23C(C)[C@H]3OC(=O)[C@H](C)C(=O)[C@H](C)[C@H]1OC1O[C@H](C)C[C@H](N(C)C)[C@H]1O. The summed E-state index contributed by atoms with van der Waals surface area (Å²) in [4.78, 5) is 68.9. The van der Waals surface area contributed by atoms with Crippen molar-refractivity contribution in [3.8, 4) is 11.3 Å². The lowest BCUT2D eigenvalue weighted by atomic mass is 9.75. The van der Waals surface area contributed by atoms with E-state index in [2.05, 4.69) is 9.97 Å². The number of ketones is 2. The van der Waals surface area contributed by atoms with Crippen LogP contribution in [0.3, 0.4) is 0 Å². The van der Waals surface area contributed by atoms with Crippen molar-refractivity contribution in [2.45, 2.75) is 142 Å². The summed E-state index contributed by atoms with van der Waals surface area (Å²) >= 11 is 6.11. The van der Waals surface area contributed by atoms with Crippen LogP contribution in [0.1, 0.15) is 79.7 Å². The highest BCUT2D eigenvalue weighted by atomic mass is 35.5. The third kappa shape index (κ3) is 8.57. The maximum atomic E-state index is 14.7. The molecule has 1 spiro atoms. The Morgan fingerprint density at radius 3 is 2.37 bits per heavy atom. The second-order valence-electron chi connectivity index (χ2n) is 17.9. The van der Waals surface area contributed by atoms with E-state index < -0.39 is 89.3 Å². The van der Waals surface area contributed by atoms with Crippen LogP contribution in [-0.2, 0) is 44.6 Å². The summed E-state index contributed by atoms with van der Waals surface area (Å²) in [5.41, 5.74) is -0.0303. The first kappa shape index (κ1) is 45.1. The third-order valence-corrected chi connectivity index (χ3v) is 13.9. The molecule has 0 bridgehead atoms. The van der Waals surface area contributed by atoms with Crippen molar-refractivity contribution in [1.82, 2.24) is 24.3 Å². The molecular weight excluding hydrogens is 782 g/mol. The number of pyridine rings is 1. The van der Waals surface area contributed by atoms with Gasteiger partial charge in [0.25, 0.3) is 0 Å². The Kier molecular flexibility index (Phi) is 13.4. The summed E-state index contributed by atoms with van der Waals surface area (Å²) in [6.07, 6.45) is 2.49. The molecule has 326 valence electrons. The third-order valence-electron chi connectivity index (χ3n) is 13.5. The van der Waals surface area contributed by atoms with Crippen LogP contribution in [0.25, 0.3) is 11.3 Å². The normalized spacial score (nSPS) is 38.1. The number of Topliss-reactive ketones (excluding diaryl/α,β-unsaturated/α-hetero) is 2.